The second-order valence-corrected chi connectivity index (χ2v) is 4.81. The molecule has 0 bridgehead atoms. The molecule has 2 rings (SSSR count). The van der Waals surface area contributed by atoms with E-state index in [0.29, 0.717) is 6.04 Å². The monoisotopic (exact) mass is 223 g/mol. The molecular weight excluding hydrogens is 202 g/mol. The third-order valence-corrected chi connectivity index (χ3v) is 3.39. The summed E-state index contributed by atoms with van der Waals surface area (Å²) in [6.45, 7) is 4.45. The Morgan fingerprint density at radius 2 is 2.31 bits per heavy atom. The van der Waals surface area contributed by atoms with E-state index >= 15 is 0 Å². The lowest BCUT2D eigenvalue weighted by Crippen LogP contribution is -2.34. The van der Waals surface area contributed by atoms with Gasteiger partial charge in [-0.25, -0.2) is 0 Å². The van der Waals surface area contributed by atoms with Gasteiger partial charge in [0.25, 0.3) is 0 Å². The molecule has 0 aliphatic heterocycles. The molecule has 2 atom stereocenters. The van der Waals surface area contributed by atoms with Crippen molar-refractivity contribution in [3.05, 3.63) is 23.7 Å². The summed E-state index contributed by atoms with van der Waals surface area (Å²) in [6, 6.07) is 2.66. The number of hydrogen-bond donors (Lipinski definition) is 2. The van der Waals surface area contributed by atoms with Crippen LogP contribution in [0.5, 0.6) is 0 Å². The summed E-state index contributed by atoms with van der Waals surface area (Å²) in [5.74, 6) is 1.77. The van der Waals surface area contributed by atoms with Crippen LogP contribution in [0.1, 0.15) is 43.6 Å². The molecule has 1 heterocycles. The molecule has 0 spiro atoms. The Kier molecular flexibility index (Phi) is 3.66. The van der Waals surface area contributed by atoms with Gasteiger partial charge in [0.2, 0.25) is 0 Å². The highest BCUT2D eigenvalue weighted by Gasteiger charge is 2.32. The largest absolute Gasteiger partial charge is 0.467 e. The summed E-state index contributed by atoms with van der Waals surface area (Å²) in [4.78, 5) is 0. The van der Waals surface area contributed by atoms with E-state index in [0.717, 1.165) is 18.1 Å². The highest BCUT2D eigenvalue weighted by Crippen LogP contribution is 2.35. The fraction of sp³-hybridized carbons (Fsp3) is 0.692. The zero-order chi connectivity index (χ0) is 11.5. The first-order valence-corrected chi connectivity index (χ1v) is 6.13. The minimum Gasteiger partial charge on any atom is -0.467 e. The maximum Gasteiger partial charge on any atom is 0.123 e. The van der Waals surface area contributed by atoms with Crippen LogP contribution < -0.4 is 5.32 Å². The maximum atomic E-state index is 9.05. The Morgan fingerprint density at radius 1 is 1.56 bits per heavy atom. The Hall–Kier alpha value is -0.800. The predicted octanol–water partition coefficient (Wildman–Crippen LogP) is 2.40. The van der Waals surface area contributed by atoms with Crippen molar-refractivity contribution < 1.29 is 9.52 Å². The smallest absolute Gasteiger partial charge is 0.123 e. The molecule has 3 nitrogen and oxygen atoms in total. The second kappa shape index (κ2) is 5.02. The molecule has 0 aromatic carbocycles. The van der Waals surface area contributed by atoms with Crippen LogP contribution in [0.4, 0.5) is 0 Å². The molecule has 1 saturated carbocycles. The second-order valence-electron chi connectivity index (χ2n) is 4.81. The molecule has 3 heteroatoms. The third kappa shape index (κ3) is 2.66. The van der Waals surface area contributed by atoms with E-state index in [1.165, 1.54) is 18.4 Å². The highest BCUT2D eigenvalue weighted by molar-refractivity contribution is 5.17. The molecule has 1 aromatic rings. The Balaban J connectivity index is 1.94. The molecule has 1 aliphatic carbocycles. The van der Waals surface area contributed by atoms with Gasteiger partial charge in [-0.05, 0) is 50.7 Å². The van der Waals surface area contributed by atoms with E-state index in [2.05, 4.69) is 19.2 Å². The molecule has 0 radical (unpaired) electrons. The van der Waals surface area contributed by atoms with Gasteiger partial charge in [0.15, 0.2) is 0 Å². The number of aryl methyl sites for hydroxylation is 1. The molecule has 2 unspecified atom stereocenters. The van der Waals surface area contributed by atoms with Crippen molar-refractivity contribution in [3.63, 3.8) is 0 Å². The van der Waals surface area contributed by atoms with Crippen molar-refractivity contribution in [2.24, 2.45) is 5.92 Å². The van der Waals surface area contributed by atoms with Gasteiger partial charge < -0.3 is 14.8 Å². The van der Waals surface area contributed by atoms with Crippen LogP contribution in [0, 0.1) is 12.8 Å². The van der Waals surface area contributed by atoms with Crippen LogP contribution in [-0.4, -0.2) is 17.8 Å². The van der Waals surface area contributed by atoms with E-state index in [4.69, 9.17) is 9.52 Å². The fourth-order valence-electron chi connectivity index (χ4n) is 2.32. The minimum atomic E-state index is 0.229. The number of nitrogens with one attached hydrogen (secondary N) is 1. The Bertz CT molecular complexity index is 330. The summed E-state index contributed by atoms with van der Waals surface area (Å²) >= 11 is 0. The molecule has 16 heavy (non-hydrogen) atoms. The van der Waals surface area contributed by atoms with E-state index in [1.807, 2.05) is 6.07 Å². The number of aliphatic hydroxyl groups excluding tert-OH is 1. The van der Waals surface area contributed by atoms with Crippen molar-refractivity contribution in [2.75, 3.05) is 6.61 Å². The number of aliphatic hydroxyl groups is 1. The van der Waals surface area contributed by atoms with Crippen molar-refractivity contribution in [1.29, 1.82) is 0 Å². The fourth-order valence-corrected chi connectivity index (χ4v) is 2.32. The van der Waals surface area contributed by atoms with Gasteiger partial charge in [0, 0.05) is 12.6 Å². The minimum absolute atomic E-state index is 0.229. The maximum absolute atomic E-state index is 9.05. The molecule has 90 valence electrons. The number of rotatable bonds is 6. The first kappa shape index (κ1) is 11.7. The van der Waals surface area contributed by atoms with Crippen LogP contribution in [0.25, 0.3) is 0 Å². The topological polar surface area (TPSA) is 45.4 Å². The summed E-state index contributed by atoms with van der Waals surface area (Å²) in [5, 5.41) is 12.6. The van der Waals surface area contributed by atoms with Crippen LogP contribution in [0.15, 0.2) is 16.7 Å². The number of furan rings is 1. The van der Waals surface area contributed by atoms with Gasteiger partial charge in [-0.2, -0.15) is 0 Å². The first-order valence-electron chi connectivity index (χ1n) is 6.13. The van der Waals surface area contributed by atoms with Gasteiger partial charge in [-0.15, -0.1) is 0 Å². The first-order chi connectivity index (χ1) is 7.72. The molecule has 1 fully saturated rings. The lowest BCUT2D eigenvalue weighted by atomic mass is 10.1. The Labute approximate surface area is 96.8 Å². The van der Waals surface area contributed by atoms with Gasteiger partial charge >= 0.3 is 0 Å². The SMILES string of the molecule is Cc1ccoc1C(C)NC(CCO)C1CC1. The lowest BCUT2D eigenvalue weighted by Gasteiger charge is -2.21. The van der Waals surface area contributed by atoms with E-state index in [-0.39, 0.29) is 12.6 Å². The Morgan fingerprint density at radius 3 is 2.81 bits per heavy atom. The summed E-state index contributed by atoms with van der Waals surface area (Å²) in [5.41, 5.74) is 1.19. The van der Waals surface area contributed by atoms with Crippen LogP contribution in [-0.2, 0) is 0 Å². The average molecular weight is 223 g/mol. The van der Waals surface area contributed by atoms with Gasteiger partial charge in [-0.1, -0.05) is 0 Å². The summed E-state index contributed by atoms with van der Waals surface area (Å²) in [7, 11) is 0. The molecule has 2 N–H and O–H groups in total. The third-order valence-electron chi connectivity index (χ3n) is 3.39. The standard InChI is InChI=1S/C13H21NO2/c1-9-6-8-16-13(9)10(2)14-12(5-7-15)11-3-4-11/h6,8,10-12,14-15H,3-5,7H2,1-2H3. The molecule has 1 aromatic heterocycles. The van der Waals surface area contributed by atoms with Crippen molar-refractivity contribution in [1.82, 2.24) is 5.32 Å². The molecule has 0 saturated heterocycles. The summed E-state index contributed by atoms with van der Waals surface area (Å²) < 4.78 is 5.48. The quantitative estimate of drug-likeness (QED) is 0.778. The number of hydrogen-bond acceptors (Lipinski definition) is 3. The van der Waals surface area contributed by atoms with Gasteiger partial charge in [-0.3, -0.25) is 0 Å². The zero-order valence-electron chi connectivity index (χ0n) is 10.1. The van der Waals surface area contributed by atoms with Gasteiger partial charge in [0.05, 0.1) is 12.3 Å². The van der Waals surface area contributed by atoms with Crippen LogP contribution >= 0.6 is 0 Å². The van der Waals surface area contributed by atoms with E-state index in [9.17, 15) is 0 Å². The van der Waals surface area contributed by atoms with E-state index < -0.39 is 0 Å². The van der Waals surface area contributed by atoms with Gasteiger partial charge in [0.1, 0.15) is 5.76 Å². The molecule has 1 aliphatic rings. The summed E-state index contributed by atoms with van der Waals surface area (Å²) in [6.07, 6.45) is 5.17. The van der Waals surface area contributed by atoms with Crippen LogP contribution in [0.3, 0.4) is 0 Å². The van der Waals surface area contributed by atoms with Crippen LogP contribution in [0.2, 0.25) is 0 Å². The van der Waals surface area contributed by atoms with Crippen molar-refractivity contribution in [3.8, 4) is 0 Å². The van der Waals surface area contributed by atoms with E-state index in [1.54, 1.807) is 6.26 Å². The van der Waals surface area contributed by atoms with Crippen molar-refractivity contribution in [2.45, 2.75) is 45.2 Å². The highest BCUT2D eigenvalue weighted by atomic mass is 16.3. The predicted molar refractivity (Wildman–Crippen MR) is 63.2 cm³/mol. The molecular formula is C13H21NO2. The molecule has 0 amide bonds. The zero-order valence-corrected chi connectivity index (χ0v) is 10.1. The average Bonchev–Trinajstić information content (AvgIpc) is 3.00. The normalized spacial score (nSPS) is 19.7. The van der Waals surface area contributed by atoms with Crippen molar-refractivity contribution >= 4 is 0 Å². The lowest BCUT2D eigenvalue weighted by molar-refractivity contribution is 0.245.